The summed E-state index contributed by atoms with van der Waals surface area (Å²) in [4.78, 5) is 27.1. The molecule has 0 radical (unpaired) electrons. The highest BCUT2D eigenvalue weighted by molar-refractivity contribution is 7.99. The zero-order chi connectivity index (χ0) is 20.5. The largest absolute Gasteiger partial charge is 0.422 e. The monoisotopic (exact) mass is 404 g/mol. The first-order valence-electron chi connectivity index (χ1n) is 9.19. The molecule has 4 rings (SSSR count). The van der Waals surface area contributed by atoms with Crippen molar-refractivity contribution in [3.8, 4) is 0 Å². The second kappa shape index (κ2) is 7.64. The number of anilines is 1. The minimum Gasteiger partial charge on any atom is -0.422 e. The average molecular weight is 404 g/mol. The Bertz CT molecular complexity index is 1320. The lowest BCUT2D eigenvalue weighted by molar-refractivity contribution is 0.538. The summed E-state index contributed by atoms with van der Waals surface area (Å²) in [7, 11) is 0. The second-order valence-electron chi connectivity index (χ2n) is 6.92. The summed E-state index contributed by atoms with van der Waals surface area (Å²) in [5, 5.41) is 0.428. The minimum absolute atomic E-state index is 0.167. The smallest absolute Gasteiger partial charge is 0.350 e. The number of nitrogens with two attached hydrogens (primary N) is 1. The van der Waals surface area contributed by atoms with Crippen LogP contribution >= 0.6 is 11.8 Å². The molecule has 0 spiro atoms. The number of aromatic nitrogens is 1. The van der Waals surface area contributed by atoms with Crippen molar-refractivity contribution < 1.29 is 4.42 Å². The van der Waals surface area contributed by atoms with Crippen LogP contribution in [0, 0.1) is 13.8 Å². The van der Waals surface area contributed by atoms with Crippen molar-refractivity contribution in [2.24, 2.45) is 0 Å². The van der Waals surface area contributed by atoms with Gasteiger partial charge in [0.15, 0.2) is 0 Å². The van der Waals surface area contributed by atoms with E-state index in [1.165, 1.54) is 11.8 Å². The standard InChI is InChI=1S/C23H20N2O3S/c1-14-11-19-20(22(26)25(14)13-16-7-4-3-5-8-16)15(2)21(23(27)28-19)29-18-10-6-9-17(24)12-18/h3-12H,13,24H2,1-2H3. The maximum atomic E-state index is 13.3. The highest BCUT2D eigenvalue weighted by Gasteiger charge is 2.18. The molecule has 0 amide bonds. The summed E-state index contributed by atoms with van der Waals surface area (Å²) in [6.07, 6.45) is 0. The molecule has 29 heavy (non-hydrogen) atoms. The Balaban J connectivity index is 1.88. The van der Waals surface area contributed by atoms with E-state index in [9.17, 15) is 9.59 Å². The van der Waals surface area contributed by atoms with Gasteiger partial charge in [0.05, 0.1) is 11.9 Å². The molecule has 0 atom stereocenters. The molecular formula is C23H20N2O3S. The lowest BCUT2D eigenvalue weighted by Crippen LogP contribution is -2.24. The number of hydrogen-bond donors (Lipinski definition) is 1. The van der Waals surface area contributed by atoms with Crippen LogP contribution in [0.2, 0.25) is 0 Å². The number of rotatable bonds is 4. The van der Waals surface area contributed by atoms with Gasteiger partial charge in [-0.1, -0.05) is 48.2 Å². The normalized spacial score (nSPS) is 11.1. The molecular weight excluding hydrogens is 384 g/mol. The van der Waals surface area contributed by atoms with Gasteiger partial charge in [-0.05, 0) is 43.2 Å². The fourth-order valence-electron chi connectivity index (χ4n) is 3.36. The molecule has 0 fully saturated rings. The van der Waals surface area contributed by atoms with E-state index in [0.717, 1.165) is 16.2 Å². The molecule has 2 aromatic carbocycles. The maximum absolute atomic E-state index is 13.3. The van der Waals surface area contributed by atoms with Crippen molar-refractivity contribution in [2.75, 3.05) is 5.73 Å². The molecule has 2 heterocycles. The number of pyridine rings is 1. The van der Waals surface area contributed by atoms with Gasteiger partial charge >= 0.3 is 5.63 Å². The Morgan fingerprint density at radius 3 is 2.48 bits per heavy atom. The van der Waals surface area contributed by atoms with E-state index in [-0.39, 0.29) is 5.56 Å². The van der Waals surface area contributed by atoms with Gasteiger partial charge in [0.25, 0.3) is 5.56 Å². The van der Waals surface area contributed by atoms with E-state index in [4.69, 9.17) is 10.2 Å². The van der Waals surface area contributed by atoms with Crippen LogP contribution in [0.25, 0.3) is 11.0 Å². The molecule has 0 aliphatic rings. The van der Waals surface area contributed by atoms with E-state index >= 15 is 0 Å². The van der Waals surface area contributed by atoms with Crippen molar-refractivity contribution in [1.82, 2.24) is 4.57 Å². The zero-order valence-electron chi connectivity index (χ0n) is 16.1. The molecule has 4 aromatic rings. The van der Waals surface area contributed by atoms with Gasteiger partial charge in [0, 0.05) is 22.3 Å². The van der Waals surface area contributed by atoms with Crippen LogP contribution in [-0.2, 0) is 6.54 Å². The first-order valence-corrected chi connectivity index (χ1v) is 10.0. The fraction of sp³-hybridized carbons (Fsp3) is 0.130. The Hall–Kier alpha value is -3.25. The number of hydrogen-bond acceptors (Lipinski definition) is 5. The van der Waals surface area contributed by atoms with E-state index in [1.807, 2.05) is 49.4 Å². The Labute approximate surface area is 171 Å². The third-order valence-corrected chi connectivity index (χ3v) is 6.00. The predicted molar refractivity (Wildman–Crippen MR) is 117 cm³/mol. The summed E-state index contributed by atoms with van der Waals surface area (Å²) < 4.78 is 7.23. The summed E-state index contributed by atoms with van der Waals surface area (Å²) in [6.45, 7) is 4.09. The highest BCUT2D eigenvalue weighted by atomic mass is 32.2. The number of nitrogen functional groups attached to an aromatic ring is 1. The molecule has 146 valence electrons. The van der Waals surface area contributed by atoms with Gasteiger partial charge in [-0.3, -0.25) is 4.79 Å². The third kappa shape index (κ3) is 3.71. The Morgan fingerprint density at radius 2 is 1.76 bits per heavy atom. The van der Waals surface area contributed by atoms with E-state index in [1.54, 1.807) is 29.7 Å². The van der Waals surface area contributed by atoms with Gasteiger partial charge in [0.1, 0.15) is 10.5 Å². The molecule has 0 aliphatic carbocycles. The van der Waals surface area contributed by atoms with Crippen LogP contribution in [0.4, 0.5) is 5.69 Å². The Kier molecular flexibility index (Phi) is 5.03. The van der Waals surface area contributed by atoms with Crippen molar-refractivity contribution in [2.45, 2.75) is 30.2 Å². The second-order valence-corrected chi connectivity index (χ2v) is 8.00. The lowest BCUT2D eigenvalue weighted by atomic mass is 10.1. The van der Waals surface area contributed by atoms with Crippen LogP contribution in [0.3, 0.4) is 0 Å². The highest BCUT2D eigenvalue weighted by Crippen LogP contribution is 2.31. The van der Waals surface area contributed by atoms with Gasteiger partial charge in [-0.15, -0.1) is 0 Å². The number of nitrogens with zero attached hydrogens (tertiary/aromatic N) is 1. The summed E-state index contributed by atoms with van der Waals surface area (Å²) >= 11 is 1.26. The SMILES string of the molecule is Cc1c(Sc2cccc(N)c2)c(=O)oc2cc(C)n(Cc3ccccc3)c(=O)c12. The van der Waals surface area contributed by atoms with E-state index in [2.05, 4.69) is 0 Å². The molecule has 0 bridgehead atoms. The van der Waals surface area contributed by atoms with Crippen molar-refractivity contribution in [3.05, 3.63) is 98.3 Å². The molecule has 2 aromatic heterocycles. The van der Waals surface area contributed by atoms with Crippen molar-refractivity contribution in [3.63, 3.8) is 0 Å². The maximum Gasteiger partial charge on any atom is 0.350 e. The molecule has 0 aliphatic heterocycles. The summed E-state index contributed by atoms with van der Waals surface area (Å²) in [5.41, 5.74) is 8.54. The Morgan fingerprint density at radius 1 is 1.00 bits per heavy atom. The minimum atomic E-state index is -0.456. The number of benzene rings is 2. The quantitative estimate of drug-likeness (QED) is 0.512. The van der Waals surface area contributed by atoms with Gasteiger partial charge < -0.3 is 14.7 Å². The summed E-state index contributed by atoms with van der Waals surface area (Å²) in [6, 6.07) is 18.8. The average Bonchev–Trinajstić information content (AvgIpc) is 2.69. The van der Waals surface area contributed by atoms with Gasteiger partial charge in [0.2, 0.25) is 0 Å². The first-order chi connectivity index (χ1) is 13.9. The molecule has 2 N–H and O–H groups in total. The summed E-state index contributed by atoms with van der Waals surface area (Å²) in [5.74, 6) is 0. The predicted octanol–water partition coefficient (Wildman–Crippen LogP) is 4.35. The van der Waals surface area contributed by atoms with Gasteiger partial charge in [-0.2, -0.15) is 0 Å². The van der Waals surface area contributed by atoms with Crippen LogP contribution < -0.4 is 16.9 Å². The molecule has 6 heteroatoms. The van der Waals surface area contributed by atoms with E-state index in [0.29, 0.717) is 33.7 Å². The van der Waals surface area contributed by atoms with Crippen LogP contribution in [-0.4, -0.2) is 4.57 Å². The van der Waals surface area contributed by atoms with Gasteiger partial charge in [-0.25, -0.2) is 4.79 Å². The molecule has 0 saturated heterocycles. The molecule has 5 nitrogen and oxygen atoms in total. The van der Waals surface area contributed by atoms with E-state index < -0.39 is 5.63 Å². The lowest BCUT2D eigenvalue weighted by Gasteiger charge is -2.13. The van der Waals surface area contributed by atoms with Crippen molar-refractivity contribution in [1.29, 1.82) is 0 Å². The number of aryl methyl sites for hydroxylation is 2. The first kappa shape index (κ1) is 19.1. The zero-order valence-corrected chi connectivity index (χ0v) is 17.0. The van der Waals surface area contributed by atoms with Crippen LogP contribution in [0.1, 0.15) is 16.8 Å². The fourth-order valence-corrected chi connectivity index (χ4v) is 4.31. The molecule has 0 saturated carbocycles. The molecule has 0 unspecified atom stereocenters. The topological polar surface area (TPSA) is 78.2 Å². The van der Waals surface area contributed by atoms with Crippen LogP contribution in [0.5, 0.6) is 0 Å². The van der Waals surface area contributed by atoms with Crippen LogP contribution in [0.15, 0.2) is 84.5 Å². The number of fused-ring (bicyclic) bond motifs is 1. The van der Waals surface area contributed by atoms with Crippen molar-refractivity contribution >= 4 is 28.4 Å². The third-order valence-electron chi connectivity index (χ3n) is 4.84.